The van der Waals surface area contributed by atoms with Crippen LogP contribution in [0.5, 0.6) is 0 Å². The number of cyclic esters (lactones) is 1. The summed E-state index contributed by atoms with van der Waals surface area (Å²) in [6, 6.07) is 7.14. The lowest BCUT2D eigenvalue weighted by Gasteiger charge is -2.47. The summed E-state index contributed by atoms with van der Waals surface area (Å²) < 4.78 is 49.0. The average Bonchev–Trinajstić information content (AvgIpc) is 3.67. The molecule has 13 atom stereocenters. The highest BCUT2D eigenvalue weighted by Gasteiger charge is 2.56. The van der Waals surface area contributed by atoms with Crippen molar-refractivity contribution in [2.45, 2.75) is 154 Å². The van der Waals surface area contributed by atoms with Crippen LogP contribution in [0, 0.1) is 17.8 Å². The zero-order chi connectivity index (χ0) is 46.6. The van der Waals surface area contributed by atoms with E-state index in [9.17, 15) is 24.6 Å². The number of nitrogens with zero attached hydrogens (tertiary/aromatic N) is 4. The van der Waals surface area contributed by atoms with E-state index in [0.29, 0.717) is 18.0 Å². The maximum atomic E-state index is 17.0. The van der Waals surface area contributed by atoms with Crippen LogP contribution in [-0.4, -0.2) is 136 Å². The van der Waals surface area contributed by atoms with E-state index in [1.807, 2.05) is 57.1 Å². The van der Waals surface area contributed by atoms with Crippen LogP contribution >= 0.6 is 11.3 Å². The first-order valence-electron chi connectivity index (χ1n) is 21.7. The van der Waals surface area contributed by atoms with E-state index in [1.165, 1.54) is 25.2 Å². The molecule has 4 N–H and O–H groups in total. The van der Waals surface area contributed by atoms with Gasteiger partial charge in [-0.2, -0.15) is 0 Å². The second-order valence-electron chi connectivity index (χ2n) is 18.0. The number of aliphatic hydroxyl groups is 2. The molecule has 0 aliphatic carbocycles. The summed E-state index contributed by atoms with van der Waals surface area (Å²) in [6.07, 6.45) is -6.39. The smallest absolute Gasteiger partial charge is 0.351 e. The fourth-order valence-corrected chi connectivity index (χ4v) is 9.73. The van der Waals surface area contributed by atoms with E-state index in [1.54, 1.807) is 33.1 Å². The van der Waals surface area contributed by atoms with Crippen LogP contribution in [-0.2, 0) is 49.5 Å². The number of amides is 1. The first-order valence-corrected chi connectivity index (χ1v) is 22.6. The molecule has 3 aliphatic heterocycles. The Morgan fingerprint density at radius 3 is 2.37 bits per heavy atom. The number of thiazole rings is 1. The third-order valence-electron chi connectivity index (χ3n) is 12.6. The van der Waals surface area contributed by atoms with E-state index >= 15 is 4.39 Å². The van der Waals surface area contributed by atoms with E-state index in [4.69, 9.17) is 34.3 Å². The number of esters is 1. The Morgan fingerprint density at radius 1 is 1.08 bits per heavy atom. The summed E-state index contributed by atoms with van der Waals surface area (Å²) in [5.74, 6) is -5.56. The van der Waals surface area contributed by atoms with Crippen molar-refractivity contribution >= 4 is 46.2 Å². The van der Waals surface area contributed by atoms with Gasteiger partial charge >= 0.3 is 5.97 Å². The minimum Gasteiger partial charge on any atom is -0.457 e. The number of fused-ring (bicyclic) bond motifs is 5. The Kier molecular flexibility index (Phi) is 16.4. The number of benzene rings is 1. The monoisotopic (exact) mass is 903 g/mol. The predicted octanol–water partition coefficient (Wildman–Crippen LogP) is 5.31. The maximum Gasteiger partial charge on any atom is 0.351 e. The van der Waals surface area contributed by atoms with Crippen LogP contribution in [0.3, 0.4) is 0 Å². The summed E-state index contributed by atoms with van der Waals surface area (Å²) in [4.78, 5) is 58.3. The number of ether oxygens (including phenoxy) is 5. The summed E-state index contributed by atoms with van der Waals surface area (Å²) in [6.45, 7) is 13.6. The Morgan fingerprint density at radius 2 is 1.76 bits per heavy atom. The largest absolute Gasteiger partial charge is 0.457 e. The normalized spacial score (nSPS) is 37.6. The third-order valence-corrected chi connectivity index (χ3v) is 13.5. The number of nitrogens with two attached hydrogens (primary N) is 1. The molecular formula is C45H66FN5O11S. The van der Waals surface area contributed by atoms with Crippen molar-refractivity contribution in [2.24, 2.45) is 27.9 Å². The number of alkyl halides is 1. The van der Waals surface area contributed by atoms with Gasteiger partial charge in [0.25, 0.3) is 5.67 Å². The zero-order valence-corrected chi connectivity index (χ0v) is 39.1. The standard InChI is InChI=1S/C45H66FN5O11S/c1-12-32-45(9,56)39-26(5)35(49-34(52)13-2)24(3)19-43(7,58-22-30(21-57-39)50-59-20-28-14-16-29(17-15-28)40-48-33(47)23-63-40)38(27(6)37(54)44(8,46)42(55)61-32)62-41-36(53)31(51(10)11)18-25(4)60-41/h14-17,23-27,31-32,36,38-39,41,53,56H,12-13,18-22,47H2,1-11H3/b49-35?,50-30+/t24-,25-,26+,27+,31+,32-,36-,38-,39+,41+,43-,44+,45-/m1/s1. The van der Waals surface area contributed by atoms with Gasteiger partial charge in [0.2, 0.25) is 5.91 Å². The molecule has 350 valence electrons. The first kappa shape index (κ1) is 50.3. The van der Waals surface area contributed by atoms with Gasteiger partial charge in [0.15, 0.2) is 12.1 Å². The molecule has 16 nitrogen and oxygen atoms in total. The van der Waals surface area contributed by atoms with Crippen molar-refractivity contribution < 1.29 is 57.5 Å². The van der Waals surface area contributed by atoms with Gasteiger partial charge in [-0.25, -0.2) is 19.2 Å². The number of oxime groups is 1. The van der Waals surface area contributed by atoms with Crippen molar-refractivity contribution in [2.75, 3.05) is 33.0 Å². The minimum absolute atomic E-state index is 0.00506. The number of aromatic nitrogens is 1. The molecule has 2 bridgehead atoms. The van der Waals surface area contributed by atoms with Crippen LogP contribution in [0.25, 0.3) is 10.6 Å². The van der Waals surface area contributed by atoms with Crippen LogP contribution in [0.1, 0.15) is 93.6 Å². The van der Waals surface area contributed by atoms with Crippen LogP contribution in [0.2, 0.25) is 0 Å². The van der Waals surface area contributed by atoms with Gasteiger partial charge in [0, 0.05) is 41.0 Å². The number of ketones is 1. The molecule has 3 fully saturated rings. The van der Waals surface area contributed by atoms with Crippen molar-refractivity contribution in [3.05, 3.63) is 35.2 Å². The van der Waals surface area contributed by atoms with Crippen LogP contribution < -0.4 is 5.73 Å². The van der Waals surface area contributed by atoms with Crippen molar-refractivity contribution in [1.82, 2.24) is 9.88 Å². The maximum absolute atomic E-state index is 17.0. The lowest BCUT2D eigenvalue weighted by molar-refractivity contribution is -0.296. The molecule has 1 aromatic heterocycles. The highest BCUT2D eigenvalue weighted by Crippen LogP contribution is 2.41. The lowest BCUT2D eigenvalue weighted by atomic mass is 9.73. The molecule has 0 spiro atoms. The Balaban J connectivity index is 1.66. The van der Waals surface area contributed by atoms with Crippen molar-refractivity contribution in [1.29, 1.82) is 0 Å². The molecule has 63 heavy (non-hydrogen) atoms. The SMILES string of the molecule is CCC(=O)N=C1[C@H](C)C[C@@]2(C)OC/C(=N/OCc3ccc(-c4nc(N)cs4)cc3)CO[C@@H]([C@H]1C)[C@](C)(O)[C@@H](CC)OC(=O)[C@@](C)(F)C(=O)[C@H](C)[C@H]2O[C@@H]1O[C@H](C)C[C@H](N(C)C)[C@H]1O. The molecule has 1 aromatic carbocycles. The second kappa shape index (κ2) is 20.6. The number of Topliss-reactive ketones (excluding diaryl/α,β-unsaturated/α-hetero) is 1. The molecule has 4 heterocycles. The summed E-state index contributed by atoms with van der Waals surface area (Å²) in [7, 11) is 3.64. The fourth-order valence-electron chi connectivity index (χ4n) is 9.01. The summed E-state index contributed by atoms with van der Waals surface area (Å²) in [5.41, 5.74) is 1.23. The van der Waals surface area contributed by atoms with E-state index in [2.05, 4.69) is 15.1 Å². The van der Waals surface area contributed by atoms with Gasteiger partial charge in [-0.15, -0.1) is 11.3 Å². The molecule has 3 aliphatic rings. The zero-order valence-electron chi connectivity index (χ0n) is 38.3. The molecule has 0 saturated carbocycles. The molecule has 18 heteroatoms. The van der Waals surface area contributed by atoms with Crippen molar-refractivity contribution in [3.8, 4) is 10.6 Å². The highest BCUT2D eigenvalue weighted by atomic mass is 32.1. The molecule has 3 saturated heterocycles. The van der Waals surface area contributed by atoms with E-state index < -0.39 is 89.0 Å². The lowest BCUT2D eigenvalue weighted by Crippen LogP contribution is -2.61. The molecule has 0 unspecified atom stereocenters. The number of rotatable bonds is 9. The topological polar surface area (TPSA) is 214 Å². The van der Waals surface area contributed by atoms with Gasteiger partial charge in [-0.3, -0.25) is 9.59 Å². The molecule has 2 aromatic rings. The number of halogens is 1. The van der Waals surface area contributed by atoms with E-state index in [-0.39, 0.29) is 50.9 Å². The molecule has 1 amide bonds. The van der Waals surface area contributed by atoms with Gasteiger partial charge in [-0.1, -0.05) is 64.0 Å². The van der Waals surface area contributed by atoms with Gasteiger partial charge in [-0.05, 0) is 72.5 Å². The minimum atomic E-state index is -3.22. The van der Waals surface area contributed by atoms with Gasteiger partial charge in [0.1, 0.15) is 41.0 Å². The number of carbonyl (C=O) groups excluding carboxylic acids is 3. The first-order chi connectivity index (χ1) is 29.5. The fraction of sp³-hybridized carbons (Fsp3) is 0.689. The number of aliphatic hydroxyl groups excluding tert-OH is 1. The molecule has 0 radical (unpaired) electrons. The number of nitrogen functional groups attached to an aromatic ring is 1. The number of hydrogen-bond donors (Lipinski definition) is 3. The Labute approximate surface area is 373 Å². The van der Waals surface area contributed by atoms with Gasteiger partial charge in [0.05, 0.1) is 37.1 Å². The number of likely N-dealkylation sites (N-methyl/N-ethyl adjacent to an activating group) is 1. The molecular weight excluding hydrogens is 838 g/mol. The van der Waals surface area contributed by atoms with E-state index in [0.717, 1.165) is 23.1 Å². The predicted molar refractivity (Wildman–Crippen MR) is 236 cm³/mol. The molecule has 5 rings (SSSR count). The van der Waals surface area contributed by atoms with Crippen LogP contribution in [0.4, 0.5) is 10.2 Å². The quantitative estimate of drug-likeness (QED) is 0.165. The number of anilines is 1. The number of aliphatic imine (C=N–C) groups is 1. The second-order valence-corrected chi connectivity index (χ2v) is 18.9. The highest BCUT2D eigenvalue weighted by molar-refractivity contribution is 7.13. The third kappa shape index (κ3) is 11.4. The Hall–Kier alpha value is -3.75. The van der Waals surface area contributed by atoms with Gasteiger partial charge < -0.3 is 49.4 Å². The number of carbonyl (C=O) groups is 3. The number of hydrogen-bond acceptors (Lipinski definition) is 16. The average molecular weight is 904 g/mol. The van der Waals surface area contributed by atoms with Crippen molar-refractivity contribution in [3.63, 3.8) is 0 Å². The van der Waals surface area contributed by atoms with Crippen LogP contribution in [0.15, 0.2) is 39.8 Å². The summed E-state index contributed by atoms with van der Waals surface area (Å²) in [5, 5.41) is 31.1. The Bertz CT molecular complexity index is 1980. The summed E-state index contributed by atoms with van der Waals surface area (Å²) >= 11 is 1.43.